The van der Waals surface area contributed by atoms with Crippen LogP contribution >= 0.6 is 0 Å². The number of nitrogens with zero attached hydrogens (tertiary/aromatic N) is 1. The van der Waals surface area contributed by atoms with Gasteiger partial charge in [-0.15, -0.1) is 0 Å². The van der Waals surface area contributed by atoms with Gasteiger partial charge in [0.15, 0.2) is 0 Å². The molecule has 25 heavy (non-hydrogen) atoms. The Morgan fingerprint density at radius 2 is 1.84 bits per heavy atom. The molecule has 1 amide bonds. The number of ether oxygens (including phenoxy) is 3. The Labute approximate surface area is 147 Å². The quantitative estimate of drug-likeness (QED) is 0.619. The molecular weight excluding hydrogens is 320 g/mol. The number of hydrazone groups is 1. The van der Waals surface area contributed by atoms with Gasteiger partial charge in [0.2, 0.25) is 0 Å². The van der Waals surface area contributed by atoms with Crippen LogP contribution in [0.4, 0.5) is 0 Å². The molecule has 6 heteroatoms. The number of methoxy groups -OCH3 is 2. The van der Waals surface area contributed by atoms with Crippen molar-refractivity contribution in [3.8, 4) is 17.2 Å². The van der Waals surface area contributed by atoms with Crippen molar-refractivity contribution < 1.29 is 19.0 Å². The first kappa shape index (κ1) is 18.3. The van der Waals surface area contributed by atoms with E-state index in [0.29, 0.717) is 22.8 Å². The summed E-state index contributed by atoms with van der Waals surface area (Å²) in [6, 6.07) is 12.4. The van der Waals surface area contributed by atoms with Crippen molar-refractivity contribution in [3.05, 3.63) is 53.6 Å². The third kappa shape index (κ3) is 4.97. The lowest BCUT2D eigenvalue weighted by Crippen LogP contribution is -2.19. The molecule has 0 aliphatic rings. The van der Waals surface area contributed by atoms with Crippen LogP contribution in [0.5, 0.6) is 17.2 Å². The molecule has 132 valence electrons. The summed E-state index contributed by atoms with van der Waals surface area (Å²) in [5.41, 5.74) is 3.65. The van der Waals surface area contributed by atoms with Crippen molar-refractivity contribution in [2.24, 2.45) is 5.10 Å². The van der Waals surface area contributed by atoms with Gasteiger partial charge < -0.3 is 14.2 Å². The predicted octanol–water partition coefficient (Wildman–Crippen LogP) is 3.25. The van der Waals surface area contributed by atoms with Crippen molar-refractivity contribution in [1.82, 2.24) is 5.43 Å². The normalized spacial score (nSPS) is 10.8. The van der Waals surface area contributed by atoms with E-state index in [4.69, 9.17) is 14.2 Å². The summed E-state index contributed by atoms with van der Waals surface area (Å²) in [5, 5.41) is 4.00. The maximum atomic E-state index is 12.3. The summed E-state index contributed by atoms with van der Waals surface area (Å²) in [6.45, 7) is 3.81. The van der Waals surface area contributed by atoms with E-state index >= 15 is 0 Å². The fourth-order valence-corrected chi connectivity index (χ4v) is 2.16. The molecule has 2 aromatic rings. The van der Waals surface area contributed by atoms with E-state index in [1.165, 1.54) is 6.21 Å². The lowest BCUT2D eigenvalue weighted by Gasteiger charge is -2.13. The van der Waals surface area contributed by atoms with Crippen molar-refractivity contribution in [1.29, 1.82) is 0 Å². The summed E-state index contributed by atoms with van der Waals surface area (Å²) in [7, 11) is 3.14. The first-order valence-electron chi connectivity index (χ1n) is 7.86. The summed E-state index contributed by atoms with van der Waals surface area (Å²) >= 11 is 0. The monoisotopic (exact) mass is 342 g/mol. The van der Waals surface area contributed by atoms with E-state index in [-0.39, 0.29) is 12.0 Å². The zero-order chi connectivity index (χ0) is 18.2. The summed E-state index contributed by atoms with van der Waals surface area (Å²) in [4.78, 5) is 12.3. The van der Waals surface area contributed by atoms with Gasteiger partial charge in [-0.05, 0) is 38.1 Å². The molecule has 0 atom stereocenters. The van der Waals surface area contributed by atoms with Crippen molar-refractivity contribution in [2.75, 3.05) is 14.2 Å². The Kier molecular flexibility index (Phi) is 6.39. The zero-order valence-electron chi connectivity index (χ0n) is 14.8. The van der Waals surface area contributed by atoms with Crippen LogP contribution in [0.2, 0.25) is 0 Å². The van der Waals surface area contributed by atoms with Gasteiger partial charge >= 0.3 is 0 Å². The molecule has 0 bridgehead atoms. The third-order valence-corrected chi connectivity index (χ3v) is 3.30. The fourth-order valence-electron chi connectivity index (χ4n) is 2.16. The highest BCUT2D eigenvalue weighted by Crippen LogP contribution is 2.23. The van der Waals surface area contributed by atoms with Crippen molar-refractivity contribution in [2.45, 2.75) is 20.0 Å². The Hall–Kier alpha value is -3.02. The van der Waals surface area contributed by atoms with Crippen LogP contribution in [-0.4, -0.2) is 32.4 Å². The Morgan fingerprint density at radius 3 is 2.52 bits per heavy atom. The molecule has 1 N–H and O–H groups in total. The molecule has 0 saturated heterocycles. The molecule has 2 aromatic carbocycles. The second-order valence-electron chi connectivity index (χ2n) is 5.47. The molecule has 2 rings (SSSR count). The zero-order valence-corrected chi connectivity index (χ0v) is 14.8. The highest BCUT2D eigenvalue weighted by Gasteiger charge is 2.12. The third-order valence-electron chi connectivity index (χ3n) is 3.30. The van der Waals surface area contributed by atoms with Crippen LogP contribution in [0.25, 0.3) is 0 Å². The van der Waals surface area contributed by atoms with Crippen LogP contribution in [0.1, 0.15) is 29.8 Å². The number of benzene rings is 2. The number of carbonyl (C=O) groups is 1. The number of para-hydroxylation sites is 1. The minimum absolute atomic E-state index is 0.0268. The maximum absolute atomic E-state index is 12.3. The van der Waals surface area contributed by atoms with E-state index in [1.807, 2.05) is 19.9 Å². The van der Waals surface area contributed by atoms with Gasteiger partial charge in [-0.25, -0.2) is 5.43 Å². The average molecular weight is 342 g/mol. The number of amides is 1. The number of hydrogen-bond acceptors (Lipinski definition) is 5. The molecule has 0 aromatic heterocycles. The molecule has 0 saturated carbocycles. The smallest absolute Gasteiger partial charge is 0.275 e. The average Bonchev–Trinajstić information content (AvgIpc) is 2.61. The van der Waals surface area contributed by atoms with Gasteiger partial charge in [0.1, 0.15) is 17.2 Å². The highest BCUT2D eigenvalue weighted by molar-refractivity contribution is 5.97. The fraction of sp³-hybridized carbons (Fsp3) is 0.263. The van der Waals surface area contributed by atoms with Gasteiger partial charge in [-0.2, -0.15) is 5.10 Å². The first-order chi connectivity index (χ1) is 12.0. The number of hydrogen-bond donors (Lipinski definition) is 1. The van der Waals surface area contributed by atoms with Crippen LogP contribution in [-0.2, 0) is 0 Å². The summed E-state index contributed by atoms with van der Waals surface area (Å²) in [6.07, 6.45) is 1.49. The van der Waals surface area contributed by atoms with Gasteiger partial charge in [0.05, 0.1) is 32.1 Å². The number of nitrogens with one attached hydrogen (secondary N) is 1. The van der Waals surface area contributed by atoms with E-state index in [2.05, 4.69) is 10.5 Å². The lowest BCUT2D eigenvalue weighted by molar-refractivity contribution is 0.0949. The van der Waals surface area contributed by atoms with Gasteiger partial charge in [-0.1, -0.05) is 12.1 Å². The first-order valence-corrected chi connectivity index (χ1v) is 7.86. The molecule has 0 heterocycles. The molecule has 0 aliphatic heterocycles. The highest BCUT2D eigenvalue weighted by atomic mass is 16.5. The molecular formula is C19H22N2O4. The van der Waals surface area contributed by atoms with E-state index in [0.717, 1.165) is 5.56 Å². The summed E-state index contributed by atoms with van der Waals surface area (Å²) in [5.74, 6) is 1.45. The largest absolute Gasteiger partial charge is 0.497 e. The van der Waals surface area contributed by atoms with Gasteiger partial charge in [-0.3, -0.25) is 4.79 Å². The second kappa shape index (κ2) is 8.73. The van der Waals surface area contributed by atoms with E-state index in [9.17, 15) is 4.79 Å². The van der Waals surface area contributed by atoms with Gasteiger partial charge in [0.25, 0.3) is 5.91 Å². The van der Waals surface area contributed by atoms with Crippen LogP contribution < -0.4 is 19.6 Å². The maximum Gasteiger partial charge on any atom is 0.275 e. The summed E-state index contributed by atoms with van der Waals surface area (Å²) < 4.78 is 16.1. The molecule has 0 spiro atoms. The molecule has 6 nitrogen and oxygen atoms in total. The molecule has 0 aliphatic carbocycles. The van der Waals surface area contributed by atoms with Crippen LogP contribution in [0, 0.1) is 0 Å². The predicted molar refractivity (Wildman–Crippen MR) is 96.8 cm³/mol. The Balaban J connectivity index is 2.11. The Morgan fingerprint density at radius 1 is 1.08 bits per heavy atom. The van der Waals surface area contributed by atoms with Crippen molar-refractivity contribution in [3.63, 3.8) is 0 Å². The van der Waals surface area contributed by atoms with Crippen LogP contribution in [0.3, 0.4) is 0 Å². The molecule has 0 unspecified atom stereocenters. The van der Waals surface area contributed by atoms with Gasteiger partial charge in [0, 0.05) is 11.6 Å². The van der Waals surface area contributed by atoms with E-state index in [1.54, 1.807) is 50.6 Å². The lowest BCUT2D eigenvalue weighted by atomic mass is 10.2. The van der Waals surface area contributed by atoms with Crippen molar-refractivity contribution >= 4 is 12.1 Å². The SMILES string of the molecule is COc1ccc(/C=N\NC(=O)c2ccccc2OC(C)C)c(OC)c1. The Bertz CT molecular complexity index is 757. The minimum Gasteiger partial charge on any atom is -0.497 e. The minimum atomic E-state index is -0.347. The second-order valence-corrected chi connectivity index (χ2v) is 5.47. The molecule has 0 radical (unpaired) electrons. The van der Waals surface area contributed by atoms with E-state index < -0.39 is 0 Å². The number of rotatable bonds is 7. The van der Waals surface area contributed by atoms with Crippen LogP contribution in [0.15, 0.2) is 47.6 Å². The molecule has 0 fully saturated rings. The topological polar surface area (TPSA) is 69.2 Å². The number of carbonyl (C=O) groups excluding carboxylic acids is 1. The standard InChI is InChI=1S/C19H22N2O4/c1-13(2)25-17-8-6-5-7-16(17)19(22)21-20-12-14-9-10-15(23-3)11-18(14)24-4/h5-13H,1-4H3,(H,21,22)/b20-12-.